The Hall–Kier alpha value is -4.40. The summed E-state index contributed by atoms with van der Waals surface area (Å²) in [5.41, 5.74) is 3.77. The molecular weight excluding hydrogens is 484 g/mol. The molecule has 0 aliphatic carbocycles. The molecule has 0 spiro atoms. The Morgan fingerprint density at radius 1 is 0.444 bits per heavy atom. The van der Waals surface area contributed by atoms with Crippen molar-refractivity contribution in [1.82, 2.24) is 9.97 Å². The highest BCUT2D eigenvalue weighted by Crippen LogP contribution is 2.35. The van der Waals surface area contributed by atoms with Crippen molar-refractivity contribution in [2.75, 3.05) is 10.0 Å². The van der Waals surface area contributed by atoms with Crippen molar-refractivity contribution in [2.24, 2.45) is 10.2 Å². The van der Waals surface area contributed by atoms with E-state index in [4.69, 9.17) is 20.2 Å². The first-order chi connectivity index (χ1) is 17.8. The summed E-state index contributed by atoms with van der Waals surface area (Å²) in [6.07, 6.45) is 0. The number of amidine groups is 2. The molecule has 0 amide bonds. The topological polar surface area (TPSA) is 57.0 Å². The van der Waals surface area contributed by atoms with Gasteiger partial charge < -0.3 is 0 Å². The van der Waals surface area contributed by atoms with E-state index in [1.54, 1.807) is 22.7 Å². The largest absolute Gasteiger partial charge is 0.218 e. The summed E-state index contributed by atoms with van der Waals surface area (Å²) in [5, 5.41) is 15.6. The van der Waals surface area contributed by atoms with E-state index in [0.29, 0.717) is 11.7 Å². The predicted octanol–water partition coefficient (Wildman–Crippen LogP) is 6.96. The summed E-state index contributed by atoms with van der Waals surface area (Å²) in [7, 11) is 0. The second-order valence-electron chi connectivity index (χ2n) is 8.13. The number of hydrogen-bond acceptors (Lipinski definition) is 8. The van der Waals surface area contributed by atoms with Crippen LogP contribution < -0.4 is 10.0 Å². The third-order valence-electron chi connectivity index (χ3n) is 5.78. The molecule has 36 heavy (non-hydrogen) atoms. The maximum absolute atomic E-state index is 5.16. The van der Waals surface area contributed by atoms with Gasteiger partial charge in [-0.15, -0.1) is 10.2 Å². The molecule has 0 saturated heterocycles. The molecule has 0 N–H and O–H groups in total. The van der Waals surface area contributed by atoms with Gasteiger partial charge in [-0.2, -0.15) is 10.0 Å². The van der Waals surface area contributed by atoms with Crippen molar-refractivity contribution >= 4 is 65.0 Å². The minimum absolute atomic E-state index is 0.689. The predicted molar refractivity (Wildman–Crippen MR) is 150 cm³/mol. The Balaban J connectivity index is 1.46. The molecule has 6 nitrogen and oxygen atoms in total. The first kappa shape index (κ1) is 20.9. The Morgan fingerprint density at radius 2 is 0.833 bits per heavy atom. The lowest BCUT2D eigenvalue weighted by Crippen LogP contribution is -2.41. The maximum Gasteiger partial charge on any atom is 0.213 e. The highest BCUT2D eigenvalue weighted by atomic mass is 32.1. The number of thiazole rings is 2. The molecule has 172 valence electrons. The molecule has 0 unspecified atom stereocenters. The minimum Gasteiger partial charge on any atom is -0.218 e. The second-order valence-corrected chi connectivity index (χ2v) is 10.1. The van der Waals surface area contributed by atoms with Crippen LogP contribution >= 0.6 is 22.7 Å². The minimum atomic E-state index is 0.689. The summed E-state index contributed by atoms with van der Waals surface area (Å²) in [4.78, 5) is 9.80. The third kappa shape index (κ3) is 3.64. The molecule has 8 heteroatoms. The molecule has 6 aromatic rings. The molecule has 1 aliphatic heterocycles. The summed E-state index contributed by atoms with van der Waals surface area (Å²) in [6, 6.07) is 36.4. The van der Waals surface area contributed by atoms with Crippen molar-refractivity contribution in [1.29, 1.82) is 0 Å². The number of para-hydroxylation sites is 2. The number of hydrazone groups is 2. The number of aromatic nitrogens is 2. The molecule has 1 aliphatic rings. The van der Waals surface area contributed by atoms with Gasteiger partial charge in [-0.05, 0) is 24.3 Å². The molecule has 7 rings (SSSR count). The van der Waals surface area contributed by atoms with E-state index in [0.717, 1.165) is 41.8 Å². The normalized spacial score (nSPS) is 13.8. The third-order valence-corrected chi connectivity index (χ3v) is 7.81. The molecular formula is C28H18N6S2. The van der Waals surface area contributed by atoms with Crippen molar-refractivity contribution in [3.8, 4) is 0 Å². The van der Waals surface area contributed by atoms with Crippen LogP contribution in [0.5, 0.6) is 0 Å². The lowest BCUT2D eigenvalue weighted by Gasteiger charge is -2.29. The van der Waals surface area contributed by atoms with Gasteiger partial charge in [-0.1, -0.05) is 108 Å². The summed E-state index contributed by atoms with van der Waals surface area (Å²) < 4.78 is 2.20. The van der Waals surface area contributed by atoms with Crippen molar-refractivity contribution in [3.63, 3.8) is 0 Å². The highest BCUT2D eigenvalue weighted by molar-refractivity contribution is 7.22. The number of anilines is 2. The number of benzene rings is 4. The van der Waals surface area contributed by atoms with E-state index < -0.39 is 0 Å². The van der Waals surface area contributed by atoms with Crippen LogP contribution in [0.1, 0.15) is 11.1 Å². The van der Waals surface area contributed by atoms with Crippen LogP contribution in [0.25, 0.3) is 20.4 Å². The fourth-order valence-corrected chi connectivity index (χ4v) is 5.91. The number of nitrogens with zero attached hydrogens (tertiary/aromatic N) is 6. The molecule has 3 heterocycles. The van der Waals surface area contributed by atoms with Gasteiger partial charge in [0.25, 0.3) is 0 Å². The number of hydrogen-bond donors (Lipinski definition) is 0. The Labute approximate surface area is 215 Å². The van der Waals surface area contributed by atoms with Crippen LogP contribution in [0.4, 0.5) is 10.3 Å². The van der Waals surface area contributed by atoms with E-state index in [9.17, 15) is 0 Å². The van der Waals surface area contributed by atoms with E-state index >= 15 is 0 Å². The van der Waals surface area contributed by atoms with Crippen LogP contribution in [-0.2, 0) is 0 Å². The number of fused-ring (bicyclic) bond motifs is 2. The molecule has 0 fully saturated rings. The second kappa shape index (κ2) is 8.67. The van der Waals surface area contributed by atoms with Gasteiger partial charge in [0.15, 0.2) is 11.7 Å². The SMILES string of the molecule is c1ccc(C2=NN(c3nc4ccccc4s3)C(c3ccccc3)=NN2c2nc3ccccc3s2)cc1. The molecule has 4 aromatic carbocycles. The van der Waals surface area contributed by atoms with Crippen LogP contribution in [-0.4, -0.2) is 21.6 Å². The maximum atomic E-state index is 5.16. The van der Waals surface area contributed by atoms with E-state index in [2.05, 4.69) is 12.1 Å². The fourth-order valence-electron chi connectivity index (χ4n) is 4.07. The zero-order valence-electron chi connectivity index (χ0n) is 18.9. The lowest BCUT2D eigenvalue weighted by molar-refractivity contribution is 0.985. The van der Waals surface area contributed by atoms with Crippen molar-refractivity contribution in [3.05, 3.63) is 120 Å². The smallest absolute Gasteiger partial charge is 0.213 e. The average molecular weight is 503 g/mol. The van der Waals surface area contributed by atoms with Gasteiger partial charge >= 0.3 is 0 Å². The molecule has 0 saturated carbocycles. The van der Waals surface area contributed by atoms with E-state index in [1.165, 1.54) is 0 Å². The molecule has 0 bridgehead atoms. The van der Waals surface area contributed by atoms with Gasteiger partial charge in [0, 0.05) is 11.1 Å². The highest BCUT2D eigenvalue weighted by Gasteiger charge is 2.31. The number of rotatable bonds is 4. The first-order valence-corrected chi connectivity index (χ1v) is 13.1. The quantitative estimate of drug-likeness (QED) is 0.262. The van der Waals surface area contributed by atoms with Gasteiger partial charge in [0.2, 0.25) is 10.3 Å². The fraction of sp³-hybridized carbons (Fsp3) is 0. The molecule has 0 radical (unpaired) electrons. The lowest BCUT2D eigenvalue weighted by atomic mass is 10.2. The zero-order chi connectivity index (χ0) is 23.9. The van der Waals surface area contributed by atoms with Crippen molar-refractivity contribution < 1.29 is 0 Å². The summed E-state index contributed by atoms with van der Waals surface area (Å²) in [6.45, 7) is 0. The molecule has 2 aromatic heterocycles. The van der Waals surface area contributed by atoms with Crippen LogP contribution in [0, 0.1) is 0 Å². The van der Waals surface area contributed by atoms with Gasteiger partial charge in [0.05, 0.1) is 20.4 Å². The average Bonchev–Trinajstić information content (AvgIpc) is 3.58. The standard InChI is InChI=1S/C28H18N6S2/c1-3-11-19(12-4-1)25-31-34(28-30-22-16-8-10-18-24(22)36-28)26(20-13-5-2-6-14-20)32-33(25)27-29-21-15-7-9-17-23(21)35-27/h1-18H. The van der Waals surface area contributed by atoms with Gasteiger partial charge in [-0.25, -0.2) is 9.97 Å². The Bertz CT molecular complexity index is 1560. The summed E-state index contributed by atoms with van der Waals surface area (Å²) >= 11 is 3.19. The molecule has 0 atom stereocenters. The van der Waals surface area contributed by atoms with Gasteiger partial charge in [0.1, 0.15) is 0 Å². The van der Waals surface area contributed by atoms with E-state index in [1.807, 2.05) is 107 Å². The van der Waals surface area contributed by atoms with Crippen molar-refractivity contribution in [2.45, 2.75) is 0 Å². The summed E-state index contributed by atoms with van der Waals surface area (Å²) in [5.74, 6) is 1.38. The van der Waals surface area contributed by atoms with Crippen LogP contribution in [0.15, 0.2) is 119 Å². The Kier molecular flexibility index (Phi) is 5.04. The first-order valence-electron chi connectivity index (χ1n) is 11.4. The van der Waals surface area contributed by atoms with Crippen LogP contribution in [0.2, 0.25) is 0 Å². The van der Waals surface area contributed by atoms with Gasteiger partial charge in [-0.3, -0.25) is 0 Å². The monoisotopic (exact) mass is 502 g/mol. The van der Waals surface area contributed by atoms with E-state index in [-0.39, 0.29) is 0 Å². The van der Waals surface area contributed by atoms with Crippen LogP contribution in [0.3, 0.4) is 0 Å². The zero-order valence-corrected chi connectivity index (χ0v) is 20.5. The Morgan fingerprint density at radius 3 is 1.25 bits per heavy atom.